The maximum Gasteiger partial charge on any atom is 0.255 e. The molecule has 0 N–H and O–H groups in total. The second-order valence-corrected chi connectivity index (χ2v) is 8.86. The fourth-order valence-corrected chi connectivity index (χ4v) is 4.91. The van der Waals surface area contributed by atoms with E-state index >= 15 is 0 Å². The number of aromatic nitrogens is 1. The predicted octanol–water partition coefficient (Wildman–Crippen LogP) is 7.33. The van der Waals surface area contributed by atoms with Gasteiger partial charge in [0.1, 0.15) is 0 Å². The van der Waals surface area contributed by atoms with E-state index in [9.17, 15) is 4.79 Å². The maximum absolute atomic E-state index is 14.0. The summed E-state index contributed by atoms with van der Waals surface area (Å²) in [5.41, 5.74) is 7.29. The van der Waals surface area contributed by atoms with Crippen LogP contribution in [-0.2, 0) is 0 Å². The Morgan fingerprint density at radius 2 is 1.44 bits per heavy atom. The Labute approximate surface area is 201 Å². The van der Waals surface area contributed by atoms with E-state index in [2.05, 4.69) is 48.2 Å². The summed E-state index contributed by atoms with van der Waals surface area (Å²) in [6.45, 7) is 4.17. The van der Waals surface area contributed by atoms with Crippen LogP contribution in [0.25, 0.3) is 11.1 Å². The highest BCUT2D eigenvalue weighted by Gasteiger charge is 2.37. The number of nitrogens with zero attached hydrogens (tertiary/aromatic N) is 2. The molecular weight excluding hydrogens is 416 g/mol. The van der Waals surface area contributed by atoms with Gasteiger partial charge in [-0.15, -0.1) is 0 Å². The first-order valence-corrected chi connectivity index (χ1v) is 11.7. The van der Waals surface area contributed by atoms with Gasteiger partial charge >= 0.3 is 0 Å². The molecule has 3 heteroatoms. The van der Waals surface area contributed by atoms with E-state index < -0.39 is 0 Å². The molecule has 2 heterocycles. The summed E-state index contributed by atoms with van der Waals surface area (Å²) in [6.07, 6.45) is 4.97. The standard InChI is InChI=1S/C31H28N2O/c1-22-18-19-29(27-20-28(23(2)32-21-27)24-12-6-3-7-13-24)33(30(22)25-14-8-4-9-15-25)31(34)26-16-10-5-11-17-26/h3-18,20-21,29-30H,19H2,1-2H3/t29-,30+/m0/s1. The zero-order chi connectivity index (χ0) is 23.5. The Kier molecular flexibility index (Phi) is 6.09. The van der Waals surface area contributed by atoms with Gasteiger partial charge in [-0.2, -0.15) is 0 Å². The minimum atomic E-state index is -0.130. The molecule has 0 bridgehead atoms. The molecule has 3 nitrogen and oxygen atoms in total. The van der Waals surface area contributed by atoms with Gasteiger partial charge in [-0.05, 0) is 55.2 Å². The molecule has 1 aliphatic heterocycles. The van der Waals surface area contributed by atoms with Crippen LogP contribution in [0.1, 0.15) is 52.6 Å². The zero-order valence-corrected chi connectivity index (χ0v) is 19.6. The molecule has 3 aromatic carbocycles. The number of hydrogen-bond acceptors (Lipinski definition) is 2. The quantitative estimate of drug-likeness (QED) is 0.309. The molecule has 4 aromatic rings. The van der Waals surface area contributed by atoms with Gasteiger partial charge in [-0.1, -0.05) is 90.5 Å². The number of hydrogen-bond donors (Lipinski definition) is 0. The second kappa shape index (κ2) is 9.48. The molecule has 0 radical (unpaired) electrons. The third-order valence-electron chi connectivity index (χ3n) is 6.66. The van der Waals surface area contributed by atoms with Crippen molar-refractivity contribution >= 4 is 5.91 Å². The predicted molar refractivity (Wildman–Crippen MR) is 137 cm³/mol. The number of carbonyl (C=O) groups excluding carboxylic acids is 1. The highest BCUT2D eigenvalue weighted by atomic mass is 16.2. The van der Waals surface area contributed by atoms with Crippen molar-refractivity contribution in [2.75, 3.05) is 0 Å². The van der Waals surface area contributed by atoms with Gasteiger partial charge in [0, 0.05) is 23.0 Å². The van der Waals surface area contributed by atoms with Crippen molar-refractivity contribution in [3.8, 4) is 11.1 Å². The van der Waals surface area contributed by atoms with Crippen LogP contribution in [0.5, 0.6) is 0 Å². The summed E-state index contributed by atoms with van der Waals surface area (Å²) >= 11 is 0. The average Bonchev–Trinajstić information content (AvgIpc) is 2.90. The number of rotatable bonds is 4. The van der Waals surface area contributed by atoms with Crippen molar-refractivity contribution in [1.29, 1.82) is 0 Å². The summed E-state index contributed by atoms with van der Waals surface area (Å²) in [6, 6.07) is 32.2. The van der Waals surface area contributed by atoms with Crippen LogP contribution in [-0.4, -0.2) is 15.8 Å². The Morgan fingerprint density at radius 1 is 0.824 bits per heavy atom. The van der Waals surface area contributed by atoms with Crippen LogP contribution >= 0.6 is 0 Å². The molecule has 0 saturated heterocycles. The molecular formula is C31H28N2O. The highest BCUT2D eigenvalue weighted by molar-refractivity contribution is 5.95. The second-order valence-electron chi connectivity index (χ2n) is 8.86. The molecule has 2 atom stereocenters. The van der Waals surface area contributed by atoms with Crippen molar-refractivity contribution in [3.63, 3.8) is 0 Å². The van der Waals surface area contributed by atoms with Crippen molar-refractivity contribution < 1.29 is 4.79 Å². The first kappa shape index (κ1) is 21.8. The molecule has 1 amide bonds. The van der Waals surface area contributed by atoms with Gasteiger partial charge < -0.3 is 4.90 Å². The molecule has 1 aromatic heterocycles. The summed E-state index contributed by atoms with van der Waals surface area (Å²) in [5.74, 6) is 0.0359. The largest absolute Gasteiger partial charge is 0.320 e. The fourth-order valence-electron chi connectivity index (χ4n) is 4.91. The van der Waals surface area contributed by atoms with Gasteiger partial charge in [0.15, 0.2) is 0 Å². The first-order valence-electron chi connectivity index (χ1n) is 11.7. The lowest BCUT2D eigenvalue weighted by Gasteiger charge is -2.42. The van der Waals surface area contributed by atoms with Crippen LogP contribution in [0.2, 0.25) is 0 Å². The molecule has 0 saturated carbocycles. The van der Waals surface area contributed by atoms with Gasteiger partial charge in [0.2, 0.25) is 0 Å². The molecule has 0 aliphatic carbocycles. The number of amides is 1. The summed E-state index contributed by atoms with van der Waals surface area (Å²) in [7, 11) is 0. The summed E-state index contributed by atoms with van der Waals surface area (Å²) in [4.78, 5) is 20.8. The van der Waals surface area contributed by atoms with Gasteiger partial charge in [-0.25, -0.2) is 0 Å². The van der Waals surface area contributed by atoms with Crippen LogP contribution in [0.4, 0.5) is 0 Å². The van der Waals surface area contributed by atoms with Crippen molar-refractivity contribution in [1.82, 2.24) is 9.88 Å². The van der Waals surface area contributed by atoms with Crippen LogP contribution < -0.4 is 0 Å². The fraction of sp³-hybridized carbons (Fsp3) is 0.161. The molecule has 168 valence electrons. The van der Waals surface area contributed by atoms with E-state index in [0.717, 1.165) is 34.4 Å². The topological polar surface area (TPSA) is 33.2 Å². The van der Waals surface area contributed by atoms with Crippen LogP contribution in [0, 0.1) is 6.92 Å². The average molecular weight is 445 g/mol. The van der Waals surface area contributed by atoms with Crippen molar-refractivity contribution in [2.24, 2.45) is 0 Å². The van der Waals surface area contributed by atoms with E-state index in [1.807, 2.05) is 79.9 Å². The van der Waals surface area contributed by atoms with Crippen LogP contribution in [0.3, 0.4) is 0 Å². The van der Waals surface area contributed by atoms with E-state index in [-0.39, 0.29) is 18.0 Å². The zero-order valence-electron chi connectivity index (χ0n) is 19.6. The monoisotopic (exact) mass is 444 g/mol. The number of pyridine rings is 1. The third-order valence-corrected chi connectivity index (χ3v) is 6.66. The maximum atomic E-state index is 14.0. The molecule has 0 unspecified atom stereocenters. The molecule has 0 spiro atoms. The molecule has 34 heavy (non-hydrogen) atoms. The van der Waals surface area contributed by atoms with E-state index in [1.165, 1.54) is 5.57 Å². The van der Waals surface area contributed by atoms with Gasteiger partial charge in [-0.3, -0.25) is 9.78 Å². The Balaban J connectivity index is 1.64. The van der Waals surface area contributed by atoms with Crippen molar-refractivity contribution in [3.05, 3.63) is 137 Å². The lowest BCUT2D eigenvalue weighted by atomic mass is 9.86. The molecule has 1 aliphatic rings. The van der Waals surface area contributed by atoms with E-state index in [1.54, 1.807) is 0 Å². The Morgan fingerprint density at radius 3 is 2.12 bits per heavy atom. The number of aryl methyl sites for hydroxylation is 1. The van der Waals surface area contributed by atoms with E-state index in [0.29, 0.717) is 5.56 Å². The Hall–Kier alpha value is -3.98. The number of carbonyl (C=O) groups is 1. The lowest BCUT2D eigenvalue weighted by Crippen LogP contribution is -2.40. The summed E-state index contributed by atoms with van der Waals surface area (Å²) in [5, 5.41) is 0. The SMILES string of the molecule is CC1=CC[C@@H](c2cnc(C)c(-c3ccccc3)c2)N(C(=O)c2ccccc2)[C@H]1c1ccccc1. The minimum Gasteiger partial charge on any atom is -0.320 e. The van der Waals surface area contributed by atoms with Crippen molar-refractivity contribution in [2.45, 2.75) is 32.4 Å². The first-order chi connectivity index (χ1) is 16.6. The van der Waals surface area contributed by atoms with E-state index in [4.69, 9.17) is 4.98 Å². The Bertz CT molecular complexity index is 1310. The normalized spacial score (nSPS) is 17.8. The molecule has 5 rings (SSSR count). The summed E-state index contributed by atoms with van der Waals surface area (Å²) < 4.78 is 0. The lowest BCUT2D eigenvalue weighted by molar-refractivity contribution is 0.0582. The van der Waals surface area contributed by atoms with Crippen LogP contribution in [0.15, 0.2) is 115 Å². The van der Waals surface area contributed by atoms with Gasteiger partial charge in [0.05, 0.1) is 12.1 Å². The number of benzene rings is 3. The highest BCUT2D eigenvalue weighted by Crippen LogP contribution is 2.43. The third kappa shape index (κ3) is 4.17. The van der Waals surface area contributed by atoms with Gasteiger partial charge in [0.25, 0.3) is 5.91 Å². The molecule has 0 fully saturated rings. The smallest absolute Gasteiger partial charge is 0.255 e. The minimum absolute atomic E-state index is 0.0359.